The Kier molecular flexibility index (Phi) is 2.88. The summed E-state index contributed by atoms with van der Waals surface area (Å²) < 4.78 is 14.6. The summed E-state index contributed by atoms with van der Waals surface area (Å²) in [6.45, 7) is 0.373. The second kappa shape index (κ2) is 4.69. The van der Waals surface area contributed by atoms with Crippen LogP contribution in [0.1, 0.15) is 5.56 Å². The zero-order chi connectivity index (χ0) is 13.2. The number of nitrogens with zero attached hydrogens (tertiary/aromatic N) is 1. The van der Waals surface area contributed by atoms with E-state index in [1.165, 1.54) is 22.9 Å². The lowest BCUT2D eigenvalue weighted by Crippen LogP contribution is -2.19. The number of pyridine rings is 1. The highest BCUT2D eigenvalue weighted by atomic mass is 19.1. The number of aromatic nitrogens is 1. The maximum atomic E-state index is 13.2. The van der Waals surface area contributed by atoms with Crippen LogP contribution in [-0.4, -0.2) is 4.57 Å². The molecule has 2 nitrogen and oxygen atoms in total. The number of rotatable bonds is 2. The third-order valence-electron chi connectivity index (χ3n) is 3.17. The molecule has 0 aliphatic rings. The molecule has 0 radical (unpaired) electrons. The minimum Gasteiger partial charge on any atom is -0.308 e. The maximum absolute atomic E-state index is 13.2. The van der Waals surface area contributed by atoms with Crippen molar-refractivity contribution < 1.29 is 4.39 Å². The molecule has 3 rings (SSSR count). The topological polar surface area (TPSA) is 22.0 Å². The smallest absolute Gasteiger partial charge is 0.251 e. The Morgan fingerprint density at radius 1 is 0.947 bits per heavy atom. The van der Waals surface area contributed by atoms with E-state index in [2.05, 4.69) is 0 Å². The monoisotopic (exact) mass is 253 g/mol. The van der Waals surface area contributed by atoms with Crippen LogP contribution in [0.3, 0.4) is 0 Å². The van der Waals surface area contributed by atoms with E-state index in [-0.39, 0.29) is 5.56 Å². The van der Waals surface area contributed by atoms with Crippen LogP contribution in [0, 0.1) is 5.82 Å². The molecule has 0 bridgehead atoms. The van der Waals surface area contributed by atoms with Crippen LogP contribution in [-0.2, 0) is 6.54 Å². The summed E-state index contributed by atoms with van der Waals surface area (Å²) in [4.78, 5) is 11.7. The van der Waals surface area contributed by atoms with Crippen LogP contribution >= 0.6 is 0 Å². The van der Waals surface area contributed by atoms with E-state index in [4.69, 9.17) is 0 Å². The van der Waals surface area contributed by atoms with Gasteiger partial charge in [-0.25, -0.2) is 4.39 Å². The minimum absolute atomic E-state index is 0.200. The molecule has 0 amide bonds. The summed E-state index contributed by atoms with van der Waals surface area (Å²) >= 11 is 0. The van der Waals surface area contributed by atoms with Gasteiger partial charge in [0.05, 0.1) is 6.54 Å². The van der Waals surface area contributed by atoms with E-state index >= 15 is 0 Å². The summed E-state index contributed by atoms with van der Waals surface area (Å²) in [6, 6.07) is 16.3. The Balaban J connectivity index is 2.11. The summed E-state index contributed by atoms with van der Waals surface area (Å²) in [7, 11) is 0. The van der Waals surface area contributed by atoms with E-state index in [0.29, 0.717) is 6.54 Å². The van der Waals surface area contributed by atoms with Crippen LogP contribution in [0.4, 0.5) is 4.39 Å². The highest BCUT2D eigenvalue weighted by Crippen LogP contribution is 2.18. The number of benzene rings is 2. The highest BCUT2D eigenvalue weighted by molar-refractivity contribution is 5.85. The Morgan fingerprint density at radius 2 is 1.74 bits per heavy atom. The molecule has 0 unspecified atom stereocenters. The second-order valence-electron chi connectivity index (χ2n) is 4.45. The molecule has 0 atom stereocenters. The molecule has 0 aliphatic carbocycles. The molecular formula is C16H12FNO. The van der Waals surface area contributed by atoms with Crippen molar-refractivity contribution in [2.45, 2.75) is 6.54 Å². The van der Waals surface area contributed by atoms with Gasteiger partial charge in [0.25, 0.3) is 5.56 Å². The lowest BCUT2D eigenvalue weighted by atomic mass is 10.0. The van der Waals surface area contributed by atoms with Crippen LogP contribution in [0.2, 0.25) is 0 Å². The van der Waals surface area contributed by atoms with E-state index in [0.717, 1.165) is 16.3 Å². The van der Waals surface area contributed by atoms with Crippen molar-refractivity contribution in [3.05, 3.63) is 82.5 Å². The van der Waals surface area contributed by atoms with Gasteiger partial charge in [0.1, 0.15) is 5.82 Å². The van der Waals surface area contributed by atoms with Crippen molar-refractivity contribution in [2.24, 2.45) is 0 Å². The van der Waals surface area contributed by atoms with Crippen molar-refractivity contribution >= 4 is 10.8 Å². The van der Waals surface area contributed by atoms with Gasteiger partial charge in [-0.1, -0.05) is 42.5 Å². The number of halogens is 1. The molecule has 2 aromatic carbocycles. The van der Waals surface area contributed by atoms with Gasteiger partial charge in [-0.15, -0.1) is 0 Å². The predicted octanol–water partition coefficient (Wildman–Crippen LogP) is 3.19. The average molecular weight is 253 g/mol. The Bertz CT molecular complexity index is 787. The second-order valence-corrected chi connectivity index (χ2v) is 4.45. The molecule has 3 aromatic rings. The quantitative estimate of drug-likeness (QED) is 0.687. The van der Waals surface area contributed by atoms with Gasteiger partial charge in [0.2, 0.25) is 0 Å². The molecule has 3 heteroatoms. The van der Waals surface area contributed by atoms with Gasteiger partial charge < -0.3 is 4.57 Å². The standard InChI is InChI=1S/C16H12FNO/c17-14-8-9-16(19)18(11-14)10-13-6-3-5-12-4-1-2-7-15(12)13/h1-9,11H,10H2. The first kappa shape index (κ1) is 11.7. The molecule has 19 heavy (non-hydrogen) atoms. The lowest BCUT2D eigenvalue weighted by molar-refractivity contribution is 0.596. The summed E-state index contributed by atoms with van der Waals surface area (Å²) in [5.74, 6) is -0.403. The maximum Gasteiger partial charge on any atom is 0.251 e. The van der Waals surface area contributed by atoms with Gasteiger partial charge in [-0.3, -0.25) is 4.79 Å². The number of hydrogen-bond donors (Lipinski definition) is 0. The van der Waals surface area contributed by atoms with E-state index in [1.807, 2.05) is 42.5 Å². The first-order chi connectivity index (χ1) is 9.24. The zero-order valence-corrected chi connectivity index (χ0v) is 10.2. The third kappa shape index (κ3) is 2.27. The number of hydrogen-bond acceptors (Lipinski definition) is 1. The van der Waals surface area contributed by atoms with Gasteiger partial charge in [0, 0.05) is 12.3 Å². The van der Waals surface area contributed by atoms with Crippen molar-refractivity contribution in [2.75, 3.05) is 0 Å². The van der Waals surface area contributed by atoms with Crippen molar-refractivity contribution in [3.8, 4) is 0 Å². The molecule has 0 fully saturated rings. The van der Waals surface area contributed by atoms with Gasteiger partial charge in [-0.2, -0.15) is 0 Å². The van der Waals surface area contributed by atoms with E-state index in [9.17, 15) is 9.18 Å². The van der Waals surface area contributed by atoms with Gasteiger partial charge in [0.15, 0.2) is 0 Å². The zero-order valence-electron chi connectivity index (χ0n) is 10.2. The van der Waals surface area contributed by atoms with Crippen molar-refractivity contribution in [3.63, 3.8) is 0 Å². The van der Waals surface area contributed by atoms with Crippen molar-refractivity contribution in [1.29, 1.82) is 0 Å². The minimum atomic E-state index is -0.403. The fraction of sp³-hybridized carbons (Fsp3) is 0.0625. The first-order valence-corrected chi connectivity index (χ1v) is 6.07. The lowest BCUT2D eigenvalue weighted by Gasteiger charge is -2.09. The molecule has 0 N–H and O–H groups in total. The largest absolute Gasteiger partial charge is 0.308 e. The van der Waals surface area contributed by atoms with Gasteiger partial charge in [-0.05, 0) is 22.4 Å². The van der Waals surface area contributed by atoms with Crippen LogP contribution in [0.25, 0.3) is 10.8 Å². The SMILES string of the molecule is O=c1ccc(F)cn1Cc1cccc2ccccc12. The van der Waals surface area contributed by atoms with E-state index in [1.54, 1.807) is 0 Å². The van der Waals surface area contributed by atoms with Gasteiger partial charge >= 0.3 is 0 Å². The molecule has 94 valence electrons. The van der Waals surface area contributed by atoms with Crippen molar-refractivity contribution in [1.82, 2.24) is 4.57 Å². The Hall–Kier alpha value is -2.42. The van der Waals surface area contributed by atoms with Crippen LogP contribution in [0.15, 0.2) is 65.6 Å². The molecular weight excluding hydrogens is 241 g/mol. The molecule has 1 heterocycles. The fourth-order valence-corrected chi connectivity index (χ4v) is 2.24. The first-order valence-electron chi connectivity index (χ1n) is 6.07. The summed E-state index contributed by atoms with van der Waals surface area (Å²) in [6.07, 6.45) is 1.24. The average Bonchev–Trinajstić information content (AvgIpc) is 2.43. The Morgan fingerprint density at radius 3 is 2.63 bits per heavy atom. The number of fused-ring (bicyclic) bond motifs is 1. The summed E-state index contributed by atoms with van der Waals surface area (Å²) in [5, 5.41) is 2.20. The molecule has 1 aromatic heterocycles. The molecule has 0 aliphatic heterocycles. The fourth-order valence-electron chi connectivity index (χ4n) is 2.24. The highest BCUT2D eigenvalue weighted by Gasteiger charge is 2.03. The summed E-state index contributed by atoms with van der Waals surface area (Å²) in [5.41, 5.74) is 0.806. The molecule has 0 saturated heterocycles. The van der Waals surface area contributed by atoms with E-state index < -0.39 is 5.82 Å². The normalized spacial score (nSPS) is 10.8. The van der Waals surface area contributed by atoms with Crippen LogP contribution in [0.5, 0.6) is 0 Å². The predicted molar refractivity (Wildman–Crippen MR) is 73.7 cm³/mol. The molecule has 0 spiro atoms. The van der Waals surface area contributed by atoms with Crippen LogP contribution < -0.4 is 5.56 Å². The third-order valence-corrected chi connectivity index (χ3v) is 3.17. The molecule has 0 saturated carbocycles. The Labute approximate surface area is 109 Å².